The first-order chi connectivity index (χ1) is 14.9. The van der Waals surface area contributed by atoms with Gasteiger partial charge in [-0.05, 0) is 12.8 Å². The molecular weight excluding hydrogens is 400 g/mol. The molecule has 1 aromatic heterocycles. The Bertz CT molecular complexity index is 821. The number of amides is 1. The molecule has 1 aliphatic rings. The lowest BCUT2D eigenvalue weighted by Gasteiger charge is -2.20. The fraction of sp³-hybridized carbons (Fsp3) is 0.762. The molecule has 5 N–H and O–H groups in total. The molecule has 0 radical (unpaired) electrons. The van der Waals surface area contributed by atoms with Crippen LogP contribution in [0.3, 0.4) is 0 Å². The molecule has 1 atom stereocenters. The van der Waals surface area contributed by atoms with Crippen molar-refractivity contribution >= 4 is 17.4 Å². The Morgan fingerprint density at radius 1 is 1.06 bits per heavy atom. The van der Waals surface area contributed by atoms with Crippen LogP contribution in [-0.4, -0.2) is 60.0 Å². The summed E-state index contributed by atoms with van der Waals surface area (Å²) in [6, 6.07) is -0.823. The van der Waals surface area contributed by atoms with E-state index in [1.165, 1.54) is 30.3 Å². The van der Waals surface area contributed by atoms with Crippen molar-refractivity contribution in [3.05, 3.63) is 20.8 Å². The van der Waals surface area contributed by atoms with Gasteiger partial charge in [0.1, 0.15) is 17.5 Å². The van der Waals surface area contributed by atoms with Crippen LogP contribution in [0.15, 0.2) is 9.59 Å². The smallest absolute Gasteiger partial charge is 0.329 e. The molecule has 31 heavy (non-hydrogen) atoms. The van der Waals surface area contributed by atoms with Crippen LogP contribution in [-0.2, 0) is 11.8 Å². The lowest BCUT2D eigenvalue weighted by atomic mass is 10.1. The van der Waals surface area contributed by atoms with E-state index in [4.69, 9.17) is 10.8 Å². The van der Waals surface area contributed by atoms with Crippen molar-refractivity contribution in [2.24, 2.45) is 12.8 Å². The van der Waals surface area contributed by atoms with E-state index in [2.05, 4.69) is 15.2 Å². The van der Waals surface area contributed by atoms with Crippen molar-refractivity contribution in [2.75, 3.05) is 43.2 Å². The molecule has 0 fully saturated rings. The van der Waals surface area contributed by atoms with Gasteiger partial charge in [-0.2, -0.15) is 0 Å². The number of carbonyl (C=O) groups is 1. The van der Waals surface area contributed by atoms with Gasteiger partial charge in [-0.25, -0.2) is 4.79 Å². The molecule has 0 bridgehead atoms. The summed E-state index contributed by atoms with van der Waals surface area (Å²) in [5.74, 6) is 0.423. The van der Waals surface area contributed by atoms with Crippen molar-refractivity contribution in [1.29, 1.82) is 0 Å². The molecule has 2 rings (SSSR count). The van der Waals surface area contributed by atoms with Gasteiger partial charge in [-0.15, -0.1) is 0 Å². The summed E-state index contributed by atoms with van der Waals surface area (Å²) >= 11 is 0. The highest BCUT2D eigenvalue weighted by Crippen LogP contribution is 2.29. The summed E-state index contributed by atoms with van der Waals surface area (Å²) in [4.78, 5) is 41.8. The number of aromatic nitrogens is 2. The number of nitrogens with zero attached hydrogens (tertiary/aromatic N) is 3. The van der Waals surface area contributed by atoms with Crippen molar-refractivity contribution in [2.45, 2.75) is 63.8 Å². The quantitative estimate of drug-likeness (QED) is 0.305. The molecule has 1 aliphatic heterocycles. The van der Waals surface area contributed by atoms with Crippen LogP contribution < -0.4 is 32.1 Å². The van der Waals surface area contributed by atoms with Crippen LogP contribution >= 0.6 is 0 Å². The van der Waals surface area contributed by atoms with Crippen molar-refractivity contribution in [3.63, 3.8) is 0 Å². The second-order valence-corrected chi connectivity index (χ2v) is 8.36. The topological polar surface area (TPSA) is 137 Å². The first kappa shape index (κ1) is 24.9. The minimum absolute atomic E-state index is 0.291. The van der Waals surface area contributed by atoms with Crippen LogP contribution in [0.2, 0.25) is 0 Å². The zero-order valence-corrected chi connectivity index (χ0v) is 18.9. The number of carbonyl (C=O) groups excluding carboxylic acids is 1. The van der Waals surface area contributed by atoms with Crippen molar-refractivity contribution < 1.29 is 9.90 Å². The highest BCUT2D eigenvalue weighted by atomic mass is 16.3. The molecule has 0 saturated heterocycles. The maximum Gasteiger partial charge on any atom is 0.329 e. The summed E-state index contributed by atoms with van der Waals surface area (Å²) in [5.41, 5.74) is 5.31. The molecule has 0 aromatic carbocycles. The monoisotopic (exact) mass is 438 g/mol. The second kappa shape index (κ2) is 12.5. The number of hydrogen-bond acceptors (Lipinski definition) is 7. The van der Waals surface area contributed by atoms with E-state index in [0.29, 0.717) is 24.7 Å². The predicted molar refractivity (Wildman–Crippen MR) is 123 cm³/mol. The van der Waals surface area contributed by atoms with Crippen LogP contribution in [0.1, 0.15) is 57.8 Å². The summed E-state index contributed by atoms with van der Waals surface area (Å²) in [6.45, 7) is 1.74. The molecule has 2 heterocycles. The van der Waals surface area contributed by atoms with E-state index >= 15 is 0 Å². The molecule has 0 saturated carbocycles. The van der Waals surface area contributed by atoms with E-state index < -0.39 is 6.04 Å². The van der Waals surface area contributed by atoms with Crippen LogP contribution in [0.5, 0.6) is 0 Å². The zero-order valence-electron chi connectivity index (χ0n) is 18.9. The number of rotatable bonds is 14. The second-order valence-electron chi connectivity index (χ2n) is 8.36. The Morgan fingerprint density at radius 3 is 2.26 bits per heavy atom. The van der Waals surface area contributed by atoms with Gasteiger partial charge >= 0.3 is 5.69 Å². The SMILES string of the molecule is CN1CN(CCCCCCCCCCCNC(=O)C(N)CO)c2c1c(=O)[nH]c(=O)n2C. The average Bonchev–Trinajstić information content (AvgIpc) is 3.08. The number of hydrogen-bond donors (Lipinski definition) is 4. The number of nitrogens with one attached hydrogen (secondary N) is 2. The normalized spacial score (nSPS) is 14.1. The first-order valence-electron chi connectivity index (χ1n) is 11.3. The zero-order chi connectivity index (χ0) is 22.8. The molecule has 1 aromatic rings. The molecule has 176 valence electrons. The fourth-order valence-corrected chi connectivity index (χ4v) is 3.96. The van der Waals surface area contributed by atoms with Gasteiger partial charge in [0.05, 0.1) is 13.3 Å². The Labute approximate surface area is 183 Å². The number of nitrogens with two attached hydrogens (primary N) is 1. The van der Waals surface area contributed by atoms with Gasteiger partial charge in [0.25, 0.3) is 5.56 Å². The minimum atomic E-state index is -0.823. The maximum absolute atomic E-state index is 12.1. The number of aliphatic hydroxyl groups excluding tert-OH is 1. The van der Waals surface area contributed by atoms with Crippen LogP contribution in [0.25, 0.3) is 0 Å². The van der Waals surface area contributed by atoms with E-state index in [1.54, 1.807) is 7.05 Å². The Kier molecular flexibility index (Phi) is 10.1. The third-order valence-corrected chi connectivity index (χ3v) is 5.77. The third kappa shape index (κ3) is 7.10. The van der Waals surface area contributed by atoms with E-state index in [0.717, 1.165) is 38.6 Å². The van der Waals surface area contributed by atoms with Gasteiger partial charge in [-0.3, -0.25) is 19.1 Å². The standard InChI is InChI=1S/C21H38N6O4/c1-25-15-27(20-17(25)19(30)24-21(31)26(20)2)13-11-9-7-5-3-4-6-8-10-12-23-18(29)16(22)14-28/h16,28H,3-15,22H2,1-2H3,(H,23,29)(H,24,30,31). The summed E-state index contributed by atoms with van der Waals surface area (Å²) < 4.78 is 1.52. The van der Waals surface area contributed by atoms with Gasteiger partial charge in [0.2, 0.25) is 5.91 Å². The largest absolute Gasteiger partial charge is 0.394 e. The Morgan fingerprint density at radius 2 is 1.65 bits per heavy atom. The molecule has 0 spiro atoms. The minimum Gasteiger partial charge on any atom is -0.394 e. The Hall–Kier alpha value is -2.33. The number of unbranched alkanes of at least 4 members (excludes halogenated alkanes) is 8. The Balaban J connectivity index is 1.53. The fourth-order valence-electron chi connectivity index (χ4n) is 3.96. The highest BCUT2D eigenvalue weighted by Gasteiger charge is 2.28. The van der Waals surface area contributed by atoms with Crippen molar-refractivity contribution in [3.8, 4) is 0 Å². The number of aliphatic hydroxyl groups is 1. The third-order valence-electron chi connectivity index (χ3n) is 5.77. The first-order valence-corrected chi connectivity index (χ1v) is 11.3. The van der Waals surface area contributed by atoms with Gasteiger partial charge in [0, 0.05) is 27.2 Å². The van der Waals surface area contributed by atoms with E-state index in [9.17, 15) is 14.4 Å². The van der Waals surface area contributed by atoms with Crippen LogP contribution in [0.4, 0.5) is 11.5 Å². The van der Waals surface area contributed by atoms with Crippen molar-refractivity contribution in [1.82, 2.24) is 14.9 Å². The number of fused-ring (bicyclic) bond motifs is 1. The maximum atomic E-state index is 12.1. The summed E-state index contributed by atoms with van der Waals surface area (Å²) in [7, 11) is 3.57. The van der Waals surface area contributed by atoms with Gasteiger partial charge in [0.15, 0.2) is 0 Å². The number of aromatic amines is 1. The summed E-state index contributed by atoms with van der Waals surface area (Å²) in [6.07, 6.45) is 10.1. The highest BCUT2D eigenvalue weighted by molar-refractivity contribution is 5.81. The molecule has 10 heteroatoms. The lowest BCUT2D eigenvalue weighted by molar-refractivity contribution is -0.123. The number of H-pyrrole nitrogens is 1. The number of anilines is 2. The van der Waals surface area contributed by atoms with E-state index in [1.807, 2.05) is 11.9 Å². The molecular formula is C21H38N6O4. The molecule has 10 nitrogen and oxygen atoms in total. The van der Waals surface area contributed by atoms with Gasteiger partial charge in [-0.1, -0.05) is 44.9 Å². The molecule has 1 amide bonds. The van der Waals surface area contributed by atoms with Crippen LogP contribution in [0, 0.1) is 0 Å². The lowest BCUT2D eigenvalue weighted by Crippen LogP contribution is -2.43. The molecule has 1 unspecified atom stereocenters. The molecule has 0 aliphatic carbocycles. The predicted octanol–water partition coefficient (Wildman–Crippen LogP) is 0.234. The average molecular weight is 439 g/mol. The summed E-state index contributed by atoms with van der Waals surface area (Å²) in [5, 5.41) is 11.5. The van der Waals surface area contributed by atoms with E-state index in [-0.39, 0.29) is 23.8 Å². The van der Waals surface area contributed by atoms with Gasteiger partial charge < -0.3 is 26.0 Å².